The Morgan fingerprint density at radius 2 is 0.758 bits per heavy atom. The summed E-state index contributed by atoms with van der Waals surface area (Å²) in [5, 5.41) is 20.4. The van der Waals surface area contributed by atoms with Gasteiger partial charge in [0.15, 0.2) is 0 Å². The summed E-state index contributed by atoms with van der Waals surface area (Å²) in [5.74, 6) is -1.49. The first-order valence-electron chi connectivity index (χ1n) is 24.7. The molecule has 0 saturated carbocycles. The Morgan fingerprint density at radius 3 is 1.11 bits per heavy atom. The Kier molecular flexibility index (Phi) is 24.2. The molecule has 0 aliphatic carbocycles. The van der Waals surface area contributed by atoms with Gasteiger partial charge in [-0.1, -0.05) is 236 Å². The number of carboxylic acid groups (broad SMARTS) is 2. The zero-order chi connectivity index (χ0) is 46.8. The molecule has 4 nitrogen and oxygen atoms in total. The van der Waals surface area contributed by atoms with Crippen LogP contribution in [0, 0.1) is 11.8 Å². The van der Waals surface area contributed by atoms with Gasteiger partial charge < -0.3 is 10.2 Å². The van der Waals surface area contributed by atoms with Crippen molar-refractivity contribution in [2.24, 2.45) is 11.8 Å². The standard InChI is InChI=1S/C59H74O4S3/c1-3-4-5-6-7-8-9-10-11-27-38-65-59(64)66-44-55(50-36-25-16-26-37-50)42-53(48-32-21-14-22-33-48)40-51(46-28-17-12-18-29-46)39-52(47-30-19-13-20-31-47)41-54(49-34-23-15-24-35-49)43-56(58(62)63)45(2)57(60)61/h12-26,28-37,45,51-56H,3-11,27,38-44H2,1-2H3,(H,60,61)(H,62,63). The van der Waals surface area contributed by atoms with Crippen LogP contribution in [0.4, 0.5) is 0 Å². The van der Waals surface area contributed by atoms with Gasteiger partial charge in [0, 0.05) is 5.75 Å². The number of rotatable bonds is 31. The van der Waals surface area contributed by atoms with Crippen molar-refractivity contribution in [2.45, 2.75) is 140 Å². The zero-order valence-corrected chi connectivity index (χ0v) is 41.9. The second-order valence-electron chi connectivity index (χ2n) is 18.4. The molecule has 2 N–H and O–H groups in total. The van der Waals surface area contributed by atoms with Crippen molar-refractivity contribution in [3.8, 4) is 0 Å². The molecule has 5 rings (SSSR count). The van der Waals surface area contributed by atoms with Crippen molar-refractivity contribution in [3.63, 3.8) is 0 Å². The van der Waals surface area contributed by atoms with E-state index < -0.39 is 23.8 Å². The summed E-state index contributed by atoms with van der Waals surface area (Å²) in [7, 11) is 0. The molecule has 0 saturated heterocycles. The third-order valence-corrected chi connectivity index (χ3v) is 16.5. The van der Waals surface area contributed by atoms with Gasteiger partial charge in [0.05, 0.1) is 11.8 Å². The minimum absolute atomic E-state index is 0.0815. The zero-order valence-electron chi connectivity index (χ0n) is 39.4. The number of thioether (sulfide) groups is 2. The van der Waals surface area contributed by atoms with Crippen LogP contribution in [0.5, 0.6) is 0 Å². The molecule has 0 bridgehead atoms. The smallest absolute Gasteiger partial charge is 0.307 e. The van der Waals surface area contributed by atoms with Crippen LogP contribution in [0.3, 0.4) is 0 Å². The molecule has 0 fully saturated rings. The number of carboxylic acids is 2. The van der Waals surface area contributed by atoms with E-state index in [1.54, 1.807) is 0 Å². The Hall–Kier alpha value is -4.17. The summed E-state index contributed by atoms with van der Waals surface area (Å²) in [6.07, 6.45) is 17.1. The lowest BCUT2D eigenvalue weighted by Crippen LogP contribution is -2.29. The maximum atomic E-state index is 12.7. The maximum absolute atomic E-state index is 12.7. The number of hydrogen-bond acceptors (Lipinski definition) is 5. The van der Waals surface area contributed by atoms with Crippen LogP contribution in [0.2, 0.25) is 0 Å². The second-order valence-corrected chi connectivity index (χ2v) is 21.7. The Balaban J connectivity index is 1.37. The first-order chi connectivity index (χ1) is 32.2. The monoisotopic (exact) mass is 942 g/mol. The summed E-state index contributed by atoms with van der Waals surface area (Å²) >= 11 is 9.74. The van der Waals surface area contributed by atoms with Crippen LogP contribution in [0.1, 0.15) is 168 Å². The SMILES string of the molecule is CCCCCCCCCCCCSC(=S)SCC(CC(CC(CC(CC(CC(C(=O)O)C(C)C(=O)O)c1ccccc1)c1ccccc1)c1ccccc1)c1ccccc1)c1ccccc1. The number of thiocarbonyl (C=S) groups is 1. The van der Waals surface area contributed by atoms with Crippen molar-refractivity contribution in [1.82, 2.24) is 0 Å². The van der Waals surface area contributed by atoms with Gasteiger partial charge in [-0.3, -0.25) is 9.59 Å². The highest BCUT2D eigenvalue weighted by Crippen LogP contribution is 2.46. The summed E-state index contributed by atoms with van der Waals surface area (Å²) in [4.78, 5) is 24.9. The Bertz CT molecular complexity index is 2080. The van der Waals surface area contributed by atoms with Crippen LogP contribution < -0.4 is 0 Å². The molecular weight excluding hydrogens is 869 g/mol. The average Bonchev–Trinajstić information content (AvgIpc) is 3.35. The largest absolute Gasteiger partial charge is 0.481 e. The molecule has 0 aliphatic rings. The van der Waals surface area contributed by atoms with Crippen LogP contribution in [-0.2, 0) is 9.59 Å². The van der Waals surface area contributed by atoms with E-state index in [1.807, 2.05) is 47.8 Å². The normalized spacial score (nSPS) is 14.6. The maximum Gasteiger partial charge on any atom is 0.307 e. The van der Waals surface area contributed by atoms with Gasteiger partial charge in [0.1, 0.15) is 3.53 Å². The molecule has 7 unspecified atom stereocenters. The van der Waals surface area contributed by atoms with Crippen molar-refractivity contribution in [2.75, 3.05) is 11.5 Å². The van der Waals surface area contributed by atoms with Crippen molar-refractivity contribution in [3.05, 3.63) is 179 Å². The molecule has 0 aliphatic heterocycles. The fraction of sp³-hybridized carbons (Fsp3) is 0.441. The van der Waals surface area contributed by atoms with Crippen LogP contribution in [0.25, 0.3) is 0 Å². The average molecular weight is 943 g/mol. The van der Waals surface area contributed by atoms with Crippen LogP contribution >= 0.6 is 35.7 Å². The highest BCUT2D eigenvalue weighted by atomic mass is 32.2. The van der Waals surface area contributed by atoms with Gasteiger partial charge in [-0.25, -0.2) is 0 Å². The number of aliphatic carboxylic acids is 2. The van der Waals surface area contributed by atoms with Crippen molar-refractivity contribution in [1.29, 1.82) is 0 Å². The minimum Gasteiger partial charge on any atom is -0.481 e. The number of unbranched alkanes of at least 4 members (excludes halogenated alkanes) is 9. The van der Waals surface area contributed by atoms with E-state index in [1.165, 1.54) is 93.4 Å². The van der Waals surface area contributed by atoms with E-state index in [4.69, 9.17) is 12.2 Å². The molecule has 0 heterocycles. The van der Waals surface area contributed by atoms with Gasteiger partial charge in [-0.05, 0) is 102 Å². The molecule has 7 atom stereocenters. The van der Waals surface area contributed by atoms with E-state index in [-0.39, 0.29) is 30.1 Å². The molecule has 0 radical (unpaired) electrons. The number of benzene rings is 5. The molecule has 5 aromatic carbocycles. The molecule has 0 spiro atoms. The summed E-state index contributed by atoms with van der Waals surface area (Å²) < 4.78 is 1.05. The molecule has 66 heavy (non-hydrogen) atoms. The molecule has 5 aromatic rings. The molecular formula is C59H74O4S3. The molecule has 352 valence electrons. The molecule has 0 aromatic heterocycles. The van der Waals surface area contributed by atoms with Crippen molar-refractivity contribution >= 4 is 51.2 Å². The lowest BCUT2D eigenvalue weighted by atomic mass is 9.72. The third kappa shape index (κ3) is 18.5. The van der Waals surface area contributed by atoms with E-state index in [0.717, 1.165) is 39.9 Å². The van der Waals surface area contributed by atoms with Gasteiger partial charge in [0.25, 0.3) is 0 Å². The van der Waals surface area contributed by atoms with E-state index in [2.05, 4.69) is 134 Å². The predicted molar refractivity (Wildman–Crippen MR) is 286 cm³/mol. The molecule has 0 amide bonds. The third-order valence-electron chi connectivity index (χ3n) is 13.6. The topological polar surface area (TPSA) is 74.6 Å². The van der Waals surface area contributed by atoms with Gasteiger partial charge >= 0.3 is 11.9 Å². The second kappa shape index (κ2) is 30.3. The lowest BCUT2D eigenvalue weighted by molar-refractivity contribution is -0.153. The quantitative estimate of drug-likeness (QED) is 0.0339. The Labute approximate surface area is 411 Å². The predicted octanol–water partition coefficient (Wildman–Crippen LogP) is 16.9. The summed E-state index contributed by atoms with van der Waals surface area (Å²) in [6.45, 7) is 3.81. The van der Waals surface area contributed by atoms with Gasteiger partial charge in [-0.2, -0.15) is 0 Å². The fourth-order valence-corrected chi connectivity index (χ4v) is 12.1. The van der Waals surface area contributed by atoms with Gasteiger partial charge in [-0.15, -0.1) is 23.5 Å². The first-order valence-corrected chi connectivity index (χ1v) is 27.1. The fourth-order valence-electron chi connectivity index (χ4n) is 9.73. The molecule has 7 heteroatoms. The minimum atomic E-state index is -1.08. The summed E-state index contributed by atoms with van der Waals surface area (Å²) in [5.41, 5.74) is 6.25. The van der Waals surface area contributed by atoms with Crippen LogP contribution in [-0.4, -0.2) is 37.2 Å². The Morgan fingerprint density at radius 1 is 0.439 bits per heavy atom. The number of carbonyl (C=O) groups is 2. The van der Waals surface area contributed by atoms with Crippen molar-refractivity contribution < 1.29 is 19.8 Å². The van der Waals surface area contributed by atoms with E-state index >= 15 is 0 Å². The highest BCUT2D eigenvalue weighted by molar-refractivity contribution is 8.47. The number of hydrogen-bond donors (Lipinski definition) is 2. The first kappa shape index (κ1) is 52.8. The lowest BCUT2D eigenvalue weighted by Gasteiger charge is -2.33. The highest BCUT2D eigenvalue weighted by Gasteiger charge is 2.35. The summed E-state index contributed by atoms with van der Waals surface area (Å²) in [6, 6.07) is 53.7. The van der Waals surface area contributed by atoms with Crippen LogP contribution in [0.15, 0.2) is 152 Å². The van der Waals surface area contributed by atoms with E-state index in [9.17, 15) is 19.8 Å². The van der Waals surface area contributed by atoms with E-state index in [0.29, 0.717) is 12.3 Å². The van der Waals surface area contributed by atoms with Gasteiger partial charge in [0.2, 0.25) is 0 Å².